The first kappa shape index (κ1) is 8.11. The third-order valence-corrected chi connectivity index (χ3v) is 1.90. The SMILES string of the molecule is C=C1N(C)CCC/C=N\N1C. The summed E-state index contributed by atoms with van der Waals surface area (Å²) in [7, 11) is 3.96. The molecule has 0 amide bonds. The Balaban J connectivity index is 2.64. The lowest BCUT2D eigenvalue weighted by Gasteiger charge is -2.27. The first-order valence-corrected chi connectivity index (χ1v) is 3.88. The van der Waals surface area contributed by atoms with Gasteiger partial charge in [-0.3, -0.25) is 5.01 Å². The molecule has 1 aliphatic heterocycles. The molecule has 0 N–H and O–H groups in total. The van der Waals surface area contributed by atoms with Crippen molar-refractivity contribution >= 4 is 6.21 Å². The molecule has 0 fully saturated rings. The number of hydrazone groups is 1. The lowest BCUT2D eigenvalue weighted by atomic mass is 10.3. The van der Waals surface area contributed by atoms with Crippen LogP contribution in [0.4, 0.5) is 0 Å². The van der Waals surface area contributed by atoms with Crippen LogP contribution in [-0.2, 0) is 0 Å². The van der Waals surface area contributed by atoms with E-state index in [2.05, 4.69) is 16.6 Å². The summed E-state index contributed by atoms with van der Waals surface area (Å²) in [4.78, 5) is 2.12. The van der Waals surface area contributed by atoms with Gasteiger partial charge in [0.2, 0.25) is 0 Å². The van der Waals surface area contributed by atoms with E-state index in [4.69, 9.17) is 0 Å². The average molecular weight is 153 g/mol. The summed E-state index contributed by atoms with van der Waals surface area (Å²) < 4.78 is 0. The molecule has 1 aliphatic rings. The van der Waals surface area contributed by atoms with Crippen LogP contribution in [0.25, 0.3) is 0 Å². The van der Waals surface area contributed by atoms with Crippen LogP contribution in [0.3, 0.4) is 0 Å². The molecule has 3 heteroatoms. The molecule has 0 aromatic heterocycles. The molecular formula is C8H15N3. The van der Waals surface area contributed by atoms with E-state index in [0.29, 0.717) is 0 Å². The zero-order valence-corrected chi connectivity index (χ0v) is 7.25. The molecule has 0 aromatic rings. The zero-order valence-electron chi connectivity index (χ0n) is 7.25. The van der Waals surface area contributed by atoms with E-state index in [1.807, 2.05) is 20.3 Å². The van der Waals surface area contributed by atoms with Crippen LogP contribution in [0.1, 0.15) is 12.8 Å². The van der Waals surface area contributed by atoms with Crippen LogP contribution in [-0.4, -0.2) is 36.8 Å². The van der Waals surface area contributed by atoms with E-state index in [9.17, 15) is 0 Å². The summed E-state index contributed by atoms with van der Waals surface area (Å²) >= 11 is 0. The van der Waals surface area contributed by atoms with Gasteiger partial charge in [0.05, 0.1) is 0 Å². The highest BCUT2D eigenvalue weighted by Crippen LogP contribution is 2.07. The number of hydrogen-bond acceptors (Lipinski definition) is 3. The highest BCUT2D eigenvalue weighted by molar-refractivity contribution is 5.56. The largest absolute Gasteiger partial charge is 0.360 e. The number of rotatable bonds is 0. The van der Waals surface area contributed by atoms with Gasteiger partial charge in [0.25, 0.3) is 0 Å². The van der Waals surface area contributed by atoms with Gasteiger partial charge >= 0.3 is 0 Å². The highest BCUT2D eigenvalue weighted by Gasteiger charge is 2.06. The second-order valence-electron chi connectivity index (χ2n) is 2.80. The Bertz CT molecular complexity index is 174. The fraction of sp³-hybridized carbons (Fsp3) is 0.625. The molecule has 11 heavy (non-hydrogen) atoms. The van der Waals surface area contributed by atoms with Crippen molar-refractivity contribution in [3.63, 3.8) is 0 Å². The van der Waals surface area contributed by atoms with Gasteiger partial charge < -0.3 is 4.90 Å². The molecule has 1 rings (SSSR count). The lowest BCUT2D eigenvalue weighted by molar-refractivity contribution is 0.271. The number of hydrogen-bond donors (Lipinski definition) is 0. The second kappa shape index (κ2) is 3.42. The number of nitrogens with zero attached hydrogens (tertiary/aromatic N) is 3. The second-order valence-corrected chi connectivity index (χ2v) is 2.80. The van der Waals surface area contributed by atoms with E-state index in [-0.39, 0.29) is 0 Å². The minimum absolute atomic E-state index is 0.959. The van der Waals surface area contributed by atoms with Crippen LogP contribution < -0.4 is 0 Å². The maximum absolute atomic E-state index is 4.18. The van der Waals surface area contributed by atoms with Crippen LogP contribution in [0, 0.1) is 0 Å². The predicted octanol–water partition coefficient (Wildman–Crippen LogP) is 1.10. The van der Waals surface area contributed by atoms with Gasteiger partial charge in [-0.05, 0) is 12.8 Å². The first-order valence-electron chi connectivity index (χ1n) is 3.88. The fourth-order valence-electron chi connectivity index (χ4n) is 1.04. The zero-order chi connectivity index (χ0) is 8.27. The molecule has 0 radical (unpaired) electrons. The van der Waals surface area contributed by atoms with Gasteiger partial charge in [-0.1, -0.05) is 6.58 Å². The van der Waals surface area contributed by atoms with Crippen molar-refractivity contribution < 1.29 is 0 Å². The van der Waals surface area contributed by atoms with Crippen LogP contribution >= 0.6 is 0 Å². The van der Waals surface area contributed by atoms with Crippen molar-refractivity contribution in [1.82, 2.24) is 9.91 Å². The van der Waals surface area contributed by atoms with Crippen molar-refractivity contribution in [3.8, 4) is 0 Å². The molecule has 0 atom stereocenters. The Hall–Kier alpha value is -0.990. The topological polar surface area (TPSA) is 18.8 Å². The third kappa shape index (κ3) is 1.97. The smallest absolute Gasteiger partial charge is 0.117 e. The summed E-state index contributed by atoms with van der Waals surface area (Å²) in [6, 6.07) is 0. The first-order chi connectivity index (χ1) is 5.22. The summed E-state index contributed by atoms with van der Waals surface area (Å²) in [5, 5.41) is 5.99. The molecular weight excluding hydrogens is 138 g/mol. The summed E-state index contributed by atoms with van der Waals surface area (Å²) in [5.74, 6) is 0.959. The predicted molar refractivity (Wildman–Crippen MR) is 47.3 cm³/mol. The molecule has 0 saturated heterocycles. The van der Waals surface area contributed by atoms with Crippen molar-refractivity contribution in [1.29, 1.82) is 0 Å². The summed E-state index contributed by atoms with van der Waals surface area (Å²) in [6.07, 6.45) is 4.16. The van der Waals surface area contributed by atoms with Crippen molar-refractivity contribution in [2.24, 2.45) is 5.10 Å². The van der Waals surface area contributed by atoms with Gasteiger partial charge in [-0.15, -0.1) is 0 Å². The minimum atomic E-state index is 0.959. The average Bonchev–Trinajstić information content (AvgIpc) is 2.00. The Labute approximate surface area is 68.0 Å². The van der Waals surface area contributed by atoms with Crippen LogP contribution in [0.15, 0.2) is 17.5 Å². The molecule has 1 heterocycles. The molecule has 62 valence electrons. The maximum atomic E-state index is 4.18. The van der Waals surface area contributed by atoms with E-state index < -0.39 is 0 Å². The van der Waals surface area contributed by atoms with Gasteiger partial charge in [-0.25, -0.2) is 0 Å². The van der Waals surface area contributed by atoms with Crippen molar-refractivity contribution in [3.05, 3.63) is 12.4 Å². The van der Waals surface area contributed by atoms with Crippen molar-refractivity contribution in [2.45, 2.75) is 12.8 Å². The van der Waals surface area contributed by atoms with E-state index >= 15 is 0 Å². The molecule has 0 bridgehead atoms. The minimum Gasteiger partial charge on any atom is -0.360 e. The molecule has 0 aromatic carbocycles. The molecule has 3 nitrogen and oxygen atoms in total. The quantitative estimate of drug-likeness (QED) is 0.519. The lowest BCUT2D eigenvalue weighted by Crippen LogP contribution is -2.28. The van der Waals surface area contributed by atoms with E-state index in [1.165, 1.54) is 0 Å². The van der Waals surface area contributed by atoms with Gasteiger partial charge in [-0.2, -0.15) is 5.10 Å². The Morgan fingerprint density at radius 1 is 1.55 bits per heavy atom. The highest BCUT2D eigenvalue weighted by atomic mass is 15.5. The molecule has 0 spiro atoms. The van der Waals surface area contributed by atoms with Crippen molar-refractivity contribution in [2.75, 3.05) is 20.6 Å². The molecule has 0 aliphatic carbocycles. The third-order valence-electron chi connectivity index (χ3n) is 1.90. The van der Waals surface area contributed by atoms with Crippen LogP contribution in [0.2, 0.25) is 0 Å². The summed E-state index contributed by atoms with van der Waals surface area (Å²) in [6.45, 7) is 4.98. The molecule has 0 saturated carbocycles. The maximum Gasteiger partial charge on any atom is 0.117 e. The monoisotopic (exact) mass is 153 g/mol. The summed E-state index contributed by atoms with van der Waals surface area (Å²) in [5.41, 5.74) is 0. The van der Waals surface area contributed by atoms with E-state index in [1.54, 1.807) is 5.01 Å². The van der Waals surface area contributed by atoms with Gasteiger partial charge in [0.15, 0.2) is 0 Å². The molecule has 0 unspecified atom stereocenters. The van der Waals surface area contributed by atoms with Gasteiger partial charge in [0, 0.05) is 26.9 Å². The van der Waals surface area contributed by atoms with Gasteiger partial charge in [0.1, 0.15) is 5.82 Å². The Morgan fingerprint density at radius 3 is 3.00 bits per heavy atom. The normalized spacial score (nSPS) is 22.9. The Morgan fingerprint density at radius 2 is 2.27 bits per heavy atom. The Kier molecular flexibility index (Phi) is 2.52. The van der Waals surface area contributed by atoms with Crippen LogP contribution in [0.5, 0.6) is 0 Å². The fourth-order valence-corrected chi connectivity index (χ4v) is 1.04. The standard InChI is InChI=1S/C8H15N3/c1-8-10(2)7-5-4-6-9-11(8)3/h6H,1,4-5,7H2,2-3H3/b9-6-. The van der Waals surface area contributed by atoms with E-state index in [0.717, 1.165) is 25.2 Å².